The van der Waals surface area contributed by atoms with Crippen molar-refractivity contribution in [1.82, 2.24) is 0 Å². The zero-order chi connectivity index (χ0) is 11.0. The van der Waals surface area contributed by atoms with E-state index in [1.807, 2.05) is 6.92 Å². The smallest absolute Gasteiger partial charge is 0.175 e. The van der Waals surface area contributed by atoms with Gasteiger partial charge in [-0.2, -0.15) is 0 Å². The van der Waals surface area contributed by atoms with E-state index in [2.05, 4.69) is 0 Å². The summed E-state index contributed by atoms with van der Waals surface area (Å²) in [6, 6.07) is 8.35. The number of rotatable bonds is 2. The third-order valence-corrected chi connectivity index (χ3v) is 2.47. The van der Waals surface area contributed by atoms with Crippen LogP contribution in [-0.4, -0.2) is 21.0 Å². The van der Waals surface area contributed by atoms with Crippen LogP contribution < -0.4 is 0 Å². The molecule has 0 bridgehead atoms. The van der Waals surface area contributed by atoms with Crippen LogP contribution in [0.25, 0.3) is 0 Å². The predicted molar refractivity (Wildman–Crippen MR) is 55.9 cm³/mol. The molecule has 0 amide bonds. The van der Waals surface area contributed by atoms with E-state index in [0.29, 0.717) is 11.3 Å². The minimum Gasteiger partial charge on any atom is -0.303 e. The van der Waals surface area contributed by atoms with Gasteiger partial charge in [0.05, 0.1) is 4.90 Å². The van der Waals surface area contributed by atoms with Crippen LogP contribution in [0.3, 0.4) is 0 Å². The van der Waals surface area contributed by atoms with Crippen molar-refractivity contribution in [3.8, 4) is 0 Å². The van der Waals surface area contributed by atoms with Crippen LogP contribution in [0.5, 0.6) is 0 Å². The van der Waals surface area contributed by atoms with E-state index in [9.17, 15) is 13.2 Å². The second-order valence-electron chi connectivity index (χ2n) is 2.66. The zero-order valence-electron chi connectivity index (χ0n) is 8.30. The van der Waals surface area contributed by atoms with E-state index in [-0.39, 0.29) is 0 Å². The quantitative estimate of drug-likeness (QED) is 0.704. The first kappa shape index (κ1) is 12.8. The normalized spacial score (nSPS) is 9.86. The molecule has 0 N–H and O–H groups in total. The molecule has 0 atom stereocenters. The summed E-state index contributed by atoms with van der Waals surface area (Å²) in [4.78, 5) is 9.54. The molecule has 1 rings (SSSR count). The number of aldehydes is 1. The number of carbonyl (C=O) groups excluding carboxylic acids is 1. The first-order chi connectivity index (χ1) is 6.52. The SMILES string of the molecule is CCC=O.CS(=O)(=O)c1ccccc1. The summed E-state index contributed by atoms with van der Waals surface area (Å²) in [5.41, 5.74) is 0. The van der Waals surface area contributed by atoms with Crippen molar-refractivity contribution >= 4 is 16.1 Å². The lowest BCUT2D eigenvalue weighted by Crippen LogP contribution is -1.95. The first-order valence-corrected chi connectivity index (χ1v) is 6.10. The molecular formula is C10H14O3S. The second-order valence-corrected chi connectivity index (χ2v) is 4.68. The maximum absolute atomic E-state index is 10.8. The molecular weight excluding hydrogens is 200 g/mol. The number of hydrogen-bond acceptors (Lipinski definition) is 3. The van der Waals surface area contributed by atoms with Crippen LogP contribution in [-0.2, 0) is 14.6 Å². The Balaban J connectivity index is 0.000000364. The molecule has 78 valence electrons. The molecule has 0 radical (unpaired) electrons. The molecule has 0 saturated heterocycles. The minimum atomic E-state index is -3.00. The number of hydrogen-bond donors (Lipinski definition) is 0. The largest absolute Gasteiger partial charge is 0.303 e. The van der Waals surface area contributed by atoms with Crippen LogP contribution in [0.4, 0.5) is 0 Å². The van der Waals surface area contributed by atoms with Gasteiger partial charge in [0.15, 0.2) is 9.84 Å². The lowest BCUT2D eigenvalue weighted by molar-refractivity contribution is -0.107. The van der Waals surface area contributed by atoms with Gasteiger partial charge in [0.1, 0.15) is 6.29 Å². The molecule has 1 aromatic carbocycles. The summed E-state index contributed by atoms with van der Waals surface area (Å²) in [5.74, 6) is 0. The second kappa shape index (κ2) is 6.32. The lowest BCUT2D eigenvalue weighted by atomic mass is 10.4. The van der Waals surface area contributed by atoms with Crippen molar-refractivity contribution < 1.29 is 13.2 Å². The summed E-state index contributed by atoms with van der Waals surface area (Å²) in [6.45, 7) is 1.81. The number of carbonyl (C=O) groups is 1. The number of sulfone groups is 1. The van der Waals surface area contributed by atoms with Gasteiger partial charge in [-0.05, 0) is 12.1 Å². The maximum atomic E-state index is 10.8. The van der Waals surface area contributed by atoms with Gasteiger partial charge in [-0.1, -0.05) is 25.1 Å². The molecule has 0 unspecified atom stereocenters. The standard InChI is InChI=1S/C7H8O2S.C3H6O/c1-10(8,9)7-5-3-2-4-6-7;1-2-3-4/h2-6H,1H3;3H,2H2,1H3. The Morgan fingerprint density at radius 2 is 1.64 bits per heavy atom. The summed E-state index contributed by atoms with van der Waals surface area (Å²) >= 11 is 0. The molecule has 0 heterocycles. The molecule has 0 spiro atoms. The monoisotopic (exact) mass is 214 g/mol. The van der Waals surface area contributed by atoms with Crippen molar-refractivity contribution in [3.63, 3.8) is 0 Å². The fourth-order valence-corrected chi connectivity index (χ4v) is 1.32. The van der Waals surface area contributed by atoms with Crippen molar-refractivity contribution in [2.75, 3.05) is 6.26 Å². The molecule has 0 fully saturated rings. The Labute approximate surface area is 84.7 Å². The molecule has 3 nitrogen and oxygen atoms in total. The van der Waals surface area contributed by atoms with Crippen molar-refractivity contribution in [2.24, 2.45) is 0 Å². The average Bonchev–Trinajstić information content (AvgIpc) is 2.18. The van der Waals surface area contributed by atoms with Crippen LogP contribution in [0, 0.1) is 0 Å². The van der Waals surface area contributed by atoms with Gasteiger partial charge in [-0.3, -0.25) is 0 Å². The van der Waals surface area contributed by atoms with Crippen LogP contribution in [0.1, 0.15) is 13.3 Å². The highest BCUT2D eigenvalue weighted by Crippen LogP contribution is 2.05. The Kier molecular flexibility index (Phi) is 5.79. The van der Waals surface area contributed by atoms with E-state index >= 15 is 0 Å². The van der Waals surface area contributed by atoms with Crippen molar-refractivity contribution in [3.05, 3.63) is 30.3 Å². The summed E-state index contributed by atoms with van der Waals surface area (Å²) in [7, 11) is -3.00. The number of benzene rings is 1. The highest BCUT2D eigenvalue weighted by Gasteiger charge is 2.02. The first-order valence-electron chi connectivity index (χ1n) is 4.21. The predicted octanol–water partition coefficient (Wildman–Crippen LogP) is 1.69. The molecule has 1 aromatic rings. The summed E-state index contributed by atoms with van der Waals surface area (Å²) < 4.78 is 21.7. The van der Waals surface area contributed by atoms with Crippen LogP contribution in [0.15, 0.2) is 35.2 Å². The maximum Gasteiger partial charge on any atom is 0.175 e. The molecule has 0 aliphatic carbocycles. The van der Waals surface area contributed by atoms with Crippen LogP contribution >= 0.6 is 0 Å². The molecule has 14 heavy (non-hydrogen) atoms. The fourth-order valence-electron chi connectivity index (χ4n) is 0.668. The van der Waals surface area contributed by atoms with E-state index in [4.69, 9.17) is 0 Å². The third kappa shape index (κ3) is 5.48. The van der Waals surface area contributed by atoms with Gasteiger partial charge in [-0.25, -0.2) is 8.42 Å². The van der Waals surface area contributed by atoms with E-state index in [0.717, 1.165) is 6.29 Å². The average molecular weight is 214 g/mol. The van der Waals surface area contributed by atoms with Gasteiger partial charge in [-0.15, -0.1) is 0 Å². The molecule has 0 aliphatic heterocycles. The summed E-state index contributed by atoms with van der Waals surface area (Å²) in [6.07, 6.45) is 2.71. The van der Waals surface area contributed by atoms with Gasteiger partial charge in [0, 0.05) is 12.7 Å². The Bertz CT molecular complexity index is 354. The van der Waals surface area contributed by atoms with Crippen LogP contribution in [0.2, 0.25) is 0 Å². The Morgan fingerprint density at radius 3 is 1.86 bits per heavy atom. The topological polar surface area (TPSA) is 51.2 Å². The van der Waals surface area contributed by atoms with Crippen molar-refractivity contribution in [1.29, 1.82) is 0 Å². The highest BCUT2D eigenvalue weighted by molar-refractivity contribution is 7.90. The Morgan fingerprint density at radius 1 is 1.21 bits per heavy atom. The Hall–Kier alpha value is -1.16. The van der Waals surface area contributed by atoms with Crippen molar-refractivity contribution in [2.45, 2.75) is 18.2 Å². The van der Waals surface area contributed by atoms with E-state index < -0.39 is 9.84 Å². The highest BCUT2D eigenvalue weighted by atomic mass is 32.2. The molecule has 0 aliphatic rings. The zero-order valence-corrected chi connectivity index (χ0v) is 9.12. The van der Waals surface area contributed by atoms with E-state index in [1.54, 1.807) is 30.3 Å². The van der Waals surface area contributed by atoms with Gasteiger partial charge in [0.2, 0.25) is 0 Å². The van der Waals surface area contributed by atoms with Gasteiger partial charge >= 0.3 is 0 Å². The summed E-state index contributed by atoms with van der Waals surface area (Å²) in [5, 5.41) is 0. The van der Waals surface area contributed by atoms with E-state index in [1.165, 1.54) is 6.26 Å². The van der Waals surface area contributed by atoms with Gasteiger partial charge in [0.25, 0.3) is 0 Å². The molecule has 4 heteroatoms. The third-order valence-electron chi connectivity index (χ3n) is 1.34. The molecule has 0 aromatic heterocycles. The fraction of sp³-hybridized carbons (Fsp3) is 0.300. The minimum absolute atomic E-state index is 0.370. The van der Waals surface area contributed by atoms with Gasteiger partial charge < -0.3 is 4.79 Å². The lowest BCUT2D eigenvalue weighted by Gasteiger charge is -1.93. The molecule has 0 saturated carbocycles.